The summed E-state index contributed by atoms with van der Waals surface area (Å²) in [7, 11) is -8.44. The lowest BCUT2D eigenvalue weighted by Gasteiger charge is -2.16. The zero-order valence-electron chi connectivity index (χ0n) is 9.47. The molecule has 8 nitrogen and oxygen atoms in total. The zero-order valence-corrected chi connectivity index (χ0v) is 11.3. The Morgan fingerprint density at radius 2 is 1.00 bits per heavy atom. The number of phosphoric acid groups is 2. The molecule has 0 fully saturated rings. The van der Waals surface area contributed by atoms with Crippen LogP contribution in [0.2, 0.25) is 0 Å². The van der Waals surface area contributed by atoms with Crippen molar-refractivity contribution < 1.29 is 37.8 Å². The molecule has 0 amide bonds. The first-order valence-electron chi connectivity index (χ1n) is 4.31. The molecule has 10 heteroatoms. The third-order valence-electron chi connectivity index (χ3n) is 0.688. The number of rotatable bonds is 4. The van der Waals surface area contributed by atoms with Gasteiger partial charge in [0, 0.05) is 0 Å². The van der Waals surface area contributed by atoms with Crippen molar-refractivity contribution in [3.8, 4) is 0 Å². The van der Waals surface area contributed by atoms with E-state index >= 15 is 0 Å². The van der Waals surface area contributed by atoms with Gasteiger partial charge in [0.2, 0.25) is 0 Å². The number of phosphoric ester groups is 1. The summed E-state index contributed by atoms with van der Waals surface area (Å²) in [6.07, 6.45) is -0.603. The van der Waals surface area contributed by atoms with Gasteiger partial charge in [0.15, 0.2) is 0 Å². The van der Waals surface area contributed by atoms with Crippen molar-refractivity contribution in [3.05, 3.63) is 0 Å². The monoisotopic (exact) mass is 280 g/mol. The normalized spacial score (nSPS) is 12.6. The van der Waals surface area contributed by atoms with Gasteiger partial charge in [-0.1, -0.05) is 0 Å². The van der Waals surface area contributed by atoms with Crippen LogP contribution in [0, 0.1) is 0 Å². The molecule has 100 valence electrons. The molecule has 0 aromatic rings. The minimum atomic E-state index is -4.64. The minimum absolute atomic E-state index is 0.301. The van der Waals surface area contributed by atoms with Crippen molar-refractivity contribution in [3.63, 3.8) is 0 Å². The Morgan fingerprint density at radius 1 is 0.812 bits per heavy atom. The van der Waals surface area contributed by atoms with Crippen LogP contribution >= 0.6 is 15.6 Å². The summed E-state index contributed by atoms with van der Waals surface area (Å²) in [5.41, 5.74) is 0. The predicted molar refractivity (Wildman–Crippen MR) is 56.5 cm³/mol. The van der Waals surface area contributed by atoms with E-state index < -0.39 is 15.6 Å². The van der Waals surface area contributed by atoms with Crippen LogP contribution in [0.3, 0.4) is 0 Å². The van der Waals surface area contributed by atoms with E-state index in [0.29, 0.717) is 0 Å². The maximum atomic E-state index is 10.9. The Morgan fingerprint density at radius 3 is 1.12 bits per heavy atom. The fourth-order valence-corrected chi connectivity index (χ4v) is 1.67. The molecule has 16 heavy (non-hydrogen) atoms. The minimum Gasteiger partial charge on any atom is -0.303 e. The van der Waals surface area contributed by atoms with Crippen LogP contribution in [-0.4, -0.2) is 31.8 Å². The number of hydrogen-bond acceptors (Lipinski definition) is 4. The van der Waals surface area contributed by atoms with E-state index in [4.69, 9.17) is 24.1 Å². The second kappa shape index (κ2) is 7.53. The molecule has 0 radical (unpaired) electrons. The van der Waals surface area contributed by atoms with E-state index in [1.54, 1.807) is 27.7 Å². The molecule has 0 aromatic heterocycles. The number of hydrogen-bond donors (Lipinski definition) is 4. The average molecular weight is 280 g/mol. The maximum Gasteiger partial charge on any atom is 0.472 e. The van der Waals surface area contributed by atoms with Gasteiger partial charge in [-0.15, -0.1) is 0 Å². The average Bonchev–Trinajstić information content (AvgIpc) is 1.72. The molecule has 0 rings (SSSR count). The Bertz CT molecular complexity index is 247. The van der Waals surface area contributed by atoms with Crippen LogP contribution in [-0.2, 0) is 18.2 Å². The highest BCUT2D eigenvalue weighted by atomic mass is 31.2. The van der Waals surface area contributed by atoms with Gasteiger partial charge in [-0.3, -0.25) is 9.05 Å². The summed E-state index contributed by atoms with van der Waals surface area (Å²) in [6.45, 7) is 6.69. The Kier molecular flexibility index (Phi) is 8.74. The third-order valence-corrected chi connectivity index (χ3v) is 2.06. The van der Waals surface area contributed by atoms with Crippen LogP contribution in [0.1, 0.15) is 27.7 Å². The second-order valence-electron chi connectivity index (χ2n) is 3.29. The fourth-order valence-electron chi connectivity index (χ4n) is 0.558. The van der Waals surface area contributed by atoms with Crippen LogP contribution in [0.4, 0.5) is 0 Å². The van der Waals surface area contributed by atoms with Crippen molar-refractivity contribution >= 4 is 15.6 Å². The third kappa shape index (κ3) is 23.8. The highest BCUT2D eigenvalue weighted by Crippen LogP contribution is 2.45. The van der Waals surface area contributed by atoms with Crippen molar-refractivity contribution in [2.24, 2.45) is 0 Å². The van der Waals surface area contributed by atoms with Gasteiger partial charge >= 0.3 is 15.6 Å². The van der Waals surface area contributed by atoms with E-state index in [0.717, 1.165) is 0 Å². The predicted octanol–water partition coefficient (Wildman–Crippen LogP) is 1.01. The van der Waals surface area contributed by atoms with E-state index in [1.165, 1.54) is 0 Å². The lowest BCUT2D eigenvalue weighted by atomic mass is 10.5. The van der Waals surface area contributed by atoms with Gasteiger partial charge in [0.05, 0.1) is 12.2 Å². The molecule has 4 N–H and O–H groups in total. The van der Waals surface area contributed by atoms with Crippen molar-refractivity contribution in [1.29, 1.82) is 0 Å². The largest absolute Gasteiger partial charge is 0.472 e. The lowest BCUT2D eigenvalue weighted by Crippen LogP contribution is -2.06. The zero-order chi connectivity index (χ0) is 13.6. The molecule has 0 aliphatic heterocycles. The first-order valence-corrected chi connectivity index (χ1v) is 7.37. The van der Waals surface area contributed by atoms with E-state index in [1.807, 2.05) is 0 Å². The topological polar surface area (TPSA) is 134 Å². The Balaban J connectivity index is 0. The molecule has 0 atom stereocenters. The van der Waals surface area contributed by atoms with Gasteiger partial charge in [-0.25, -0.2) is 9.13 Å². The Hall–Kier alpha value is 0.220. The van der Waals surface area contributed by atoms with Crippen LogP contribution in [0.25, 0.3) is 0 Å². The second-order valence-corrected chi connectivity index (χ2v) is 5.68. The first-order chi connectivity index (χ1) is 6.83. The van der Waals surface area contributed by atoms with Crippen LogP contribution in [0.5, 0.6) is 0 Å². The van der Waals surface area contributed by atoms with Crippen molar-refractivity contribution in [2.45, 2.75) is 39.9 Å². The van der Waals surface area contributed by atoms with Crippen LogP contribution < -0.4 is 0 Å². The summed E-state index contributed by atoms with van der Waals surface area (Å²) in [6, 6.07) is 0. The molecule has 0 saturated carbocycles. The first kappa shape index (κ1) is 18.6. The fraction of sp³-hybridized carbons (Fsp3) is 1.00. The van der Waals surface area contributed by atoms with Crippen LogP contribution in [0.15, 0.2) is 0 Å². The van der Waals surface area contributed by atoms with Gasteiger partial charge in [0.1, 0.15) is 0 Å². The smallest absolute Gasteiger partial charge is 0.303 e. The SMILES string of the molecule is CC(C)OP(=O)(O)OC(C)C.O=P(O)(O)O. The molecule has 0 spiro atoms. The van der Waals surface area contributed by atoms with E-state index in [2.05, 4.69) is 9.05 Å². The molecular weight excluding hydrogens is 262 g/mol. The Labute approximate surface area is 94.1 Å². The highest BCUT2D eigenvalue weighted by molar-refractivity contribution is 7.47. The molecule has 0 aliphatic rings. The standard InChI is InChI=1S/C6H15O4P.H3O4P/c1-5(2)9-11(7,8)10-6(3)4;1-5(2,3)4/h5-6H,1-4H3,(H,7,8);(H3,1,2,3,4). The van der Waals surface area contributed by atoms with E-state index in [-0.39, 0.29) is 12.2 Å². The molecule has 0 saturated heterocycles. The maximum absolute atomic E-state index is 10.9. The quantitative estimate of drug-likeness (QED) is 0.560. The van der Waals surface area contributed by atoms with E-state index in [9.17, 15) is 4.57 Å². The van der Waals surface area contributed by atoms with Crippen molar-refractivity contribution in [1.82, 2.24) is 0 Å². The summed E-state index contributed by atoms with van der Waals surface area (Å²) < 4.78 is 29.1. The summed E-state index contributed by atoms with van der Waals surface area (Å²) >= 11 is 0. The van der Waals surface area contributed by atoms with Gasteiger partial charge in [-0.05, 0) is 27.7 Å². The van der Waals surface area contributed by atoms with Gasteiger partial charge in [0.25, 0.3) is 0 Å². The summed E-state index contributed by atoms with van der Waals surface area (Å²) in [5, 5.41) is 0. The lowest BCUT2D eigenvalue weighted by molar-refractivity contribution is 0.0984. The molecular formula is C6H18O8P2. The summed E-state index contributed by atoms with van der Waals surface area (Å²) in [5.74, 6) is 0. The van der Waals surface area contributed by atoms with Gasteiger partial charge < -0.3 is 19.6 Å². The van der Waals surface area contributed by atoms with Crippen molar-refractivity contribution in [2.75, 3.05) is 0 Å². The van der Waals surface area contributed by atoms with Gasteiger partial charge in [-0.2, -0.15) is 0 Å². The summed E-state index contributed by atoms with van der Waals surface area (Å²) in [4.78, 5) is 30.5. The molecule has 0 aromatic carbocycles. The molecule has 0 bridgehead atoms. The molecule has 0 heterocycles. The molecule has 0 aliphatic carbocycles. The molecule has 0 unspecified atom stereocenters. The highest BCUT2D eigenvalue weighted by Gasteiger charge is 2.23.